The molecule has 1 saturated heterocycles. The smallest absolute Gasteiger partial charge is 0.195 e. The number of anilines is 1. The molecule has 2 aliphatic rings. The van der Waals surface area contributed by atoms with E-state index in [0.717, 1.165) is 38.5 Å². The summed E-state index contributed by atoms with van der Waals surface area (Å²) in [5.41, 5.74) is 4.32. The molecule has 0 aliphatic carbocycles. The van der Waals surface area contributed by atoms with E-state index in [0.29, 0.717) is 5.92 Å². The van der Waals surface area contributed by atoms with Gasteiger partial charge in [-0.25, -0.2) is 0 Å². The summed E-state index contributed by atoms with van der Waals surface area (Å²) in [7, 11) is 0. The summed E-state index contributed by atoms with van der Waals surface area (Å²) in [6, 6.07) is 6.41. The molecule has 20 heavy (non-hydrogen) atoms. The predicted octanol–water partition coefficient (Wildman–Crippen LogP) is 2.64. The fraction of sp³-hybridized carbons (Fsp3) is 0.500. The van der Waals surface area contributed by atoms with Crippen LogP contribution in [0.4, 0.5) is 5.88 Å². The number of rotatable bonds is 2. The summed E-state index contributed by atoms with van der Waals surface area (Å²) >= 11 is 0. The Kier molecular flexibility index (Phi) is 3.03. The highest BCUT2D eigenvalue weighted by atomic mass is 16.3. The van der Waals surface area contributed by atoms with Crippen LogP contribution in [-0.4, -0.2) is 24.6 Å². The van der Waals surface area contributed by atoms with Crippen molar-refractivity contribution in [3.05, 3.63) is 41.4 Å². The number of fused-ring (bicyclic) bond motifs is 1. The molecule has 0 radical (unpaired) electrons. The molecular weight excluding hydrogens is 250 g/mol. The Morgan fingerprint density at radius 3 is 2.95 bits per heavy atom. The Morgan fingerprint density at radius 1 is 1.25 bits per heavy atom. The molecule has 4 heterocycles. The first kappa shape index (κ1) is 12.1. The van der Waals surface area contributed by atoms with E-state index in [-0.39, 0.29) is 0 Å². The number of furan rings is 1. The van der Waals surface area contributed by atoms with Gasteiger partial charge >= 0.3 is 0 Å². The summed E-state index contributed by atoms with van der Waals surface area (Å²) in [5.74, 6) is 1.69. The van der Waals surface area contributed by atoms with Gasteiger partial charge in [0.05, 0.1) is 12.8 Å². The van der Waals surface area contributed by atoms with Crippen LogP contribution < -0.4 is 10.2 Å². The van der Waals surface area contributed by atoms with Gasteiger partial charge in [0.15, 0.2) is 5.88 Å². The first-order chi connectivity index (χ1) is 9.90. The van der Waals surface area contributed by atoms with Crippen LogP contribution in [0.25, 0.3) is 0 Å². The molecular formula is C16H21N3O. The van der Waals surface area contributed by atoms with Crippen molar-refractivity contribution in [2.75, 3.05) is 24.5 Å². The van der Waals surface area contributed by atoms with Gasteiger partial charge in [0.25, 0.3) is 0 Å². The predicted molar refractivity (Wildman–Crippen MR) is 79.1 cm³/mol. The molecule has 0 atom stereocenters. The summed E-state index contributed by atoms with van der Waals surface area (Å²) < 4.78 is 5.51. The SMILES string of the molecule is c1coc(N2CCc3cc(C4CCNCC4)[nH]c3C2)c1. The van der Waals surface area contributed by atoms with Crippen LogP contribution in [0.3, 0.4) is 0 Å². The Bertz CT molecular complexity index is 567. The van der Waals surface area contributed by atoms with Crippen molar-refractivity contribution in [3.8, 4) is 0 Å². The standard InChI is InChI=1S/C16H21N3O/c1-2-16(20-9-1)19-8-5-13-10-14(18-15(13)11-19)12-3-6-17-7-4-12/h1-2,9-10,12,17-18H,3-8,11H2. The number of hydrogen-bond donors (Lipinski definition) is 2. The zero-order valence-corrected chi connectivity index (χ0v) is 11.7. The van der Waals surface area contributed by atoms with Crippen LogP contribution in [0, 0.1) is 0 Å². The van der Waals surface area contributed by atoms with Gasteiger partial charge in [0, 0.05) is 29.9 Å². The van der Waals surface area contributed by atoms with Crippen molar-refractivity contribution in [1.82, 2.24) is 10.3 Å². The van der Waals surface area contributed by atoms with Gasteiger partial charge in [-0.3, -0.25) is 0 Å². The molecule has 0 bridgehead atoms. The minimum absolute atomic E-state index is 0.707. The fourth-order valence-electron chi connectivity index (χ4n) is 3.45. The first-order valence-electron chi connectivity index (χ1n) is 7.60. The Morgan fingerprint density at radius 2 is 2.15 bits per heavy atom. The summed E-state index contributed by atoms with van der Waals surface area (Å²) in [6.07, 6.45) is 5.36. The lowest BCUT2D eigenvalue weighted by Gasteiger charge is -2.26. The van der Waals surface area contributed by atoms with E-state index >= 15 is 0 Å². The van der Waals surface area contributed by atoms with Crippen LogP contribution in [-0.2, 0) is 13.0 Å². The van der Waals surface area contributed by atoms with E-state index < -0.39 is 0 Å². The lowest BCUT2D eigenvalue weighted by Crippen LogP contribution is -2.29. The van der Waals surface area contributed by atoms with E-state index in [1.165, 1.54) is 29.8 Å². The van der Waals surface area contributed by atoms with Crippen molar-refractivity contribution < 1.29 is 4.42 Å². The zero-order chi connectivity index (χ0) is 13.4. The molecule has 0 aromatic carbocycles. The highest BCUT2D eigenvalue weighted by Gasteiger charge is 2.23. The normalized spacial score (nSPS) is 20.1. The lowest BCUT2D eigenvalue weighted by atomic mass is 9.94. The Labute approximate surface area is 119 Å². The third-order valence-electron chi connectivity index (χ3n) is 4.61. The van der Waals surface area contributed by atoms with Crippen LogP contribution in [0.15, 0.2) is 28.9 Å². The maximum absolute atomic E-state index is 5.51. The van der Waals surface area contributed by atoms with Gasteiger partial charge in [-0.2, -0.15) is 0 Å². The first-order valence-corrected chi connectivity index (χ1v) is 7.60. The van der Waals surface area contributed by atoms with E-state index in [9.17, 15) is 0 Å². The maximum Gasteiger partial charge on any atom is 0.195 e. The number of piperidine rings is 1. The van der Waals surface area contributed by atoms with Crippen LogP contribution in [0.1, 0.15) is 35.7 Å². The molecule has 0 spiro atoms. The van der Waals surface area contributed by atoms with Crippen LogP contribution >= 0.6 is 0 Å². The van der Waals surface area contributed by atoms with E-state index in [1.54, 1.807) is 6.26 Å². The van der Waals surface area contributed by atoms with Crippen molar-refractivity contribution in [2.45, 2.75) is 31.7 Å². The molecule has 2 aromatic rings. The highest BCUT2D eigenvalue weighted by Crippen LogP contribution is 2.30. The van der Waals surface area contributed by atoms with Gasteiger partial charge in [-0.1, -0.05) is 0 Å². The molecule has 2 aromatic heterocycles. The highest BCUT2D eigenvalue weighted by molar-refractivity contribution is 5.41. The number of aromatic nitrogens is 1. The average molecular weight is 271 g/mol. The summed E-state index contributed by atoms with van der Waals surface area (Å²) in [4.78, 5) is 5.99. The van der Waals surface area contributed by atoms with Crippen molar-refractivity contribution >= 4 is 5.88 Å². The molecule has 0 amide bonds. The molecule has 4 rings (SSSR count). The second kappa shape index (κ2) is 5.02. The van der Waals surface area contributed by atoms with Gasteiger partial charge < -0.3 is 19.6 Å². The van der Waals surface area contributed by atoms with Gasteiger partial charge in [-0.05, 0) is 50.0 Å². The summed E-state index contributed by atoms with van der Waals surface area (Å²) in [5, 5.41) is 3.44. The van der Waals surface area contributed by atoms with Crippen molar-refractivity contribution in [3.63, 3.8) is 0 Å². The lowest BCUT2D eigenvalue weighted by molar-refractivity contribution is 0.454. The molecule has 0 saturated carbocycles. The Hall–Kier alpha value is -1.68. The molecule has 4 nitrogen and oxygen atoms in total. The third-order valence-corrected chi connectivity index (χ3v) is 4.61. The van der Waals surface area contributed by atoms with Gasteiger partial charge in [0.2, 0.25) is 0 Å². The maximum atomic E-state index is 5.51. The number of nitrogens with one attached hydrogen (secondary N) is 2. The Balaban J connectivity index is 1.54. The minimum Gasteiger partial charge on any atom is -0.449 e. The zero-order valence-electron chi connectivity index (χ0n) is 11.7. The van der Waals surface area contributed by atoms with Gasteiger partial charge in [0.1, 0.15) is 0 Å². The molecule has 2 aliphatic heterocycles. The fourth-order valence-corrected chi connectivity index (χ4v) is 3.45. The molecule has 0 unspecified atom stereocenters. The van der Waals surface area contributed by atoms with Crippen LogP contribution in [0.2, 0.25) is 0 Å². The monoisotopic (exact) mass is 271 g/mol. The van der Waals surface area contributed by atoms with E-state index in [4.69, 9.17) is 4.42 Å². The topological polar surface area (TPSA) is 44.2 Å². The molecule has 2 N–H and O–H groups in total. The van der Waals surface area contributed by atoms with Gasteiger partial charge in [-0.15, -0.1) is 0 Å². The number of hydrogen-bond acceptors (Lipinski definition) is 3. The molecule has 1 fully saturated rings. The molecule has 106 valence electrons. The number of H-pyrrole nitrogens is 1. The number of aromatic amines is 1. The second-order valence-electron chi connectivity index (χ2n) is 5.88. The van der Waals surface area contributed by atoms with Crippen molar-refractivity contribution in [1.29, 1.82) is 0 Å². The second-order valence-corrected chi connectivity index (χ2v) is 5.88. The van der Waals surface area contributed by atoms with Crippen LogP contribution in [0.5, 0.6) is 0 Å². The van der Waals surface area contributed by atoms with E-state index in [1.807, 2.05) is 12.1 Å². The van der Waals surface area contributed by atoms with E-state index in [2.05, 4.69) is 21.3 Å². The summed E-state index contributed by atoms with van der Waals surface area (Å²) in [6.45, 7) is 4.28. The third kappa shape index (κ3) is 2.14. The molecule has 4 heteroatoms. The largest absolute Gasteiger partial charge is 0.449 e. The minimum atomic E-state index is 0.707. The van der Waals surface area contributed by atoms with Crippen molar-refractivity contribution in [2.24, 2.45) is 0 Å². The quantitative estimate of drug-likeness (QED) is 0.882. The number of nitrogens with zero attached hydrogens (tertiary/aromatic N) is 1. The average Bonchev–Trinajstić information content (AvgIpc) is 3.16.